The van der Waals surface area contributed by atoms with Crippen LogP contribution in [0, 0.1) is 18.8 Å². The predicted molar refractivity (Wildman–Crippen MR) is 99.2 cm³/mol. The van der Waals surface area contributed by atoms with Crippen molar-refractivity contribution in [1.82, 2.24) is 15.2 Å². The van der Waals surface area contributed by atoms with Gasteiger partial charge in [0.25, 0.3) is 0 Å². The average molecular weight is 390 g/mol. The number of fused-ring (bicyclic) bond motifs is 1. The molecule has 2 fully saturated rings. The molecule has 2 aliphatic heterocycles. The maximum atomic E-state index is 12.5. The Labute approximate surface area is 157 Å². The van der Waals surface area contributed by atoms with Gasteiger partial charge in [0, 0.05) is 37.1 Å². The summed E-state index contributed by atoms with van der Waals surface area (Å²) in [6.07, 6.45) is 0.340. The molecule has 0 aliphatic carbocycles. The highest BCUT2D eigenvalue weighted by Gasteiger charge is 2.38. The van der Waals surface area contributed by atoms with Gasteiger partial charge in [-0.15, -0.1) is 24.8 Å². The number of hydrogen-bond acceptors (Lipinski definition) is 5. The van der Waals surface area contributed by atoms with Crippen molar-refractivity contribution in [3.63, 3.8) is 0 Å². The molecule has 2 saturated heterocycles. The van der Waals surface area contributed by atoms with Crippen LogP contribution in [0.1, 0.15) is 11.5 Å². The number of carbonyl (C=O) groups excluding carboxylic acids is 1. The molecule has 5 nitrogen and oxygen atoms in total. The summed E-state index contributed by atoms with van der Waals surface area (Å²) in [6, 6.07) is 1.98. The first-order valence-electron chi connectivity index (χ1n) is 7.68. The second-order valence-corrected chi connectivity index (χ2v) is 6.97. The van der Waals surface area contributed by atoms with Crippen molar-refractivity contribution in [2.24, 2.45) is 11.8 Å². The third-order valence-corrected chi connectivity index (χ3v) is 5.40. The summed E-state index contributed by atoms with van der Waals surface area (Å²) >= 11 is 1.61. The predicted octanol–water partition coefficient (Wildman–Crippen LogP) is 2.78. The molecule has 132 valence electrons. The molecule has 24 heavy (non-hydrogen) atoms. The molecule has 8 heteroatoms. The Bertz CT molecular complexity index is 678. The number of rotatable bonds is 3. The molecule has 1 amide bonds. The van der Waals surface area contributed by atoms with Crippen LogP contribution in [0.25, 0.3) is 11.5 Å². The van der Waals surface area contributed by atoms with E-state index in [-0.39, 0.29) is 30.7 Å². The molecule has 0 aromatic carbocycles. The van der Waals surface area contributed by atoms with Gasteiger partial charge in [-0.3, -0.25) is 4.79 Å². The van der Waals surface area contributed by atoms with Gasteiger partial charge in [0.2, 0.25) is 11.8 Å². The number of nitrogens with zero attached hydrogens (tertiary/aromatic N) is 2. The Morgan fingerprint density at radius 1 is 1.38 bits per heavy atom. The van der Waals surface area contributed by atoms with Crippen LogP contribution in [0.2, 0.25) is 0 Å². The SMILES string of the molecule is Cc1oc(-c2ccsc2)nc1CC(=O)N1C[C@H]2CNC[C@H]2C1.Cl.Cl. The molecule has 4 heterocycles. The average Bonchev–Trinajstić information content (AvgIpc) is 3.21. The third-order valence-electron chi connectivity index (χ3n) is 4.72. The lowest BCUT2D eigenvalue weighted by Gasteiger charge is -2.16. The summed E-state index contributed by atoms with van der Waals surface area (Å²) in [7, 11) is 0. The lowest BCUT2D eigenvalue weighted by Crippen LogP contribution is -2.33. The Morgan fingerprint density at radius 2 is 2.08 bits per heavy atom. The molecule has 0 radical (unpaired) electrons. The Morgan fingerprint density at radius 3 is 2.71 bits per heavy atom. The van der Waals surface area contributed by atoms with Crippen LogP contribution in [0.5, 0.6) is 0 Å². The minimum atomic E-state index is 0. The number of oxazole rings is 1. The molecule has 2 aromatic rings. The van der Waals surface area contributed by atoms with Crippen molar-refractivity contribution in [2.45, 2.75) is 13.3 Å². The fourth-order valence-electron chi connectivity index (χ4n) is 3.42. The van der Waals surface area contributed by atoms with Gasteiger partial charge in [0.05, 0.1) is 12.1 Å². The number of amides is 1. The first-order chi connectivity index (χ1) is 10.7. The van der Waals surface area contributed by atoms with Gasteiger partial charge in [-0.05, 0) is 30.2 Å². The van der Waals surface area contributed by atoms with E-state index in [4.69, 9.17) is 4.42 Å². The topological polar surface area (TPSA) is 58.4 Å². The van der Waals surface area contributed by atoms with Crippen LogP contribution in [0.4, 0.5) is 0 Å². The zero-order valence-electron chi connectivity index (χ0n) is 13.4. The summed E-state index contributed by atoms with van der Waals surface area (Å²) in [6.45, 7) is 5.73. The van der Waals surface area contributed by atoms with Gasteiger partial charge in [0.1, 0.15) is 5.76 Å². The minimum absolute atomic E-state index is 0. The number of aromatic nitrogens is 1. The third kappa shape index (κ3) is 3.61. The summed E-state index contributed by atoms with van der Waals surface area (Å²) in [5.74, 6) is 2.79. The zero-order valence-corrected chi connectivity index (χ0v) is 15.8. The molecule has 0 bridgehead atoms. The molecule has 2 aromatic heterocycles. The Balaban J connectivity index is 0.00000104. The van der Waals surface area contributed by atoms with E-state index in [1.165, 1.54) is 0 Å². The van der Waals surface area contributed by atoms with E-state index in [1.807, 2.05) is 28.7 Å². The van der Waals surface area contributed by atoms with E-state index in [0.717, 1.165) is 43.2 Å². The summed E-state index contributed by atoms with van der Waals surface area (Å²) in [4.78, 5) is 19.0. The normalized spacial score (nSPS) is 22.0. The van der Waals surface area contributed by atoms with Crippen LogP contribution < -0.4 is 5.32 Å². The van der Waals surface area contributed by atoms with Crippen LogP contribution >= 0.6 is 36.2 Å². The minimum Gasteiger partial charge on any atom is -0.441 e. The van der Waals surface area contributed by atoms with E-state index < -0.39 is 0 Å². The highest BCUT2D eigenvalue weighted by atomic mass is 35.5. The standard InChI is InChI=1S/C16H19N3O2S.2ClH/c1-10-14(18-16(21-10)11-2-3-22-9-11)4-15(20)19-7-12-5-17-6-13(12)8-19;;/h2-3,9,12-13,17H,4-8H2,1H3;2*1H/t12-,13+;;. The Kier molecular flexibility index (Phi) is 6.31. The van der Waals surface area contributed by atoms with Crippen LogP contribution in [-0.4, -0.2) is 42.0 Å². The summed E-state index contributed by atoms with van der Waals surface area (Å²) in [5.41, 5.74) is 1.75. The van der Waals surface area contributed by atoms with Gasteiger partial charge in [0.15, 0.2) is 0 Å². The van der Waals surface area contributed by atoms with Crippen LogP contribution in [-0.2, 0) is 11.2 Å². The molecule has 0 saturated carbocycles. The highest BCUT2D eigenvalue weighted by molar-refractivity contribution is 7.08. The molecule has 2 atom stereocenters. The van der Waals surface area contributed by atoms with Crippen molar-refractivity contribution in [1.29, 1.82) is 0 Å². The molecule has 1 N–H and O–H groups in total. The van der Waals surface area contributed by atoms with Gasteiger partial charge in [-0.2, -0.15) is 11.3 Å². The molecule has 0 spiro atoms. The van der Waals surface area contributed by atoms with Crippen LogP contribution in [0.15, 0.2) is 21.2 Å². The fourth-order valence-corrected chi connectivity index (χ4v) is 4.05. The van der Waals surface area contributed by atoms with Gasteiger partial charge in [-0.1, -0.05) is 0 Å². The highest BCUT2D eigenvalue weighted by Crippen LogP contribution is 2.28. The second kappa shape index (κ2) is 7.87. The summed E-state index contributed by atoms with van der Waals surface area (Å²) < 4.78 is 5.71. The van der Waals surface area contributed by atoms with Crippen molar-refractivity contribution < 1.29 is 9.21 Å². The number of halogens is 2. The summed E-state index contributed by atoms with van der Waals surface area (Å²) in [5, 5.41) is 7.40. The van der Waals surface area contributed by atoms with E-state index in [2.05, 4.69) is 10.3 Å². The van der Waals surface area contributed by atoms with E-state index in [0.29, 0.717) is 24.1 Å². The van der Waals surface area contributed by atoms with Crippen molar-refractivity contribution in [2.75, 3.05) is 26.2 Å². The number of hydrogen-bond donors (Lipinski definition) is 1. The van der Waals surface area contributed by atoms with E-state index in [1.54, 1.807) is 11.3 Å². The number of carbonyl (C=O) groups is 1. The lowest BCUT2D eigenvalue weighted by molar-refractivity contribution is -0.129. The molecule has 2 aliphatic rings. The monoisotopic (exact) mass is 389 g/mol. The van der Waals surface area contributed by atoms with Gasteiger partial charge >= 0.3 is 0 Å². The van der Waals surface area contributed by atoms with Gasteiger partial charge in [-0.25, -0.2) is 4.98 Å². The van der Waals surface area contributed by atoms with E-state index >= 15 is 0 Å². The quantitative estimate of drug-likeness (QED) is 0.876. The van der Waals surface area contributed by atoms with Gasteiger partial charge < -0.3 is 14.6 Å². The molecular formula is C16H21Cl2N3O2S. The van der Waals surface area contributed by atoms with Crippen molar-refractivity contribution in [3.05, 3.63) is 28.3 Å². The van der Waals surface area contributed by atoms with E-state index in [9.17, 15) is 4.79 Å². The second-order valence-electron chi connectivity index (χ2n) is 6.19. The number of likely N-dealkylation sites (tertiary alicyclic amines) is 1. The smallest absolute Gasteiger partial charge is 0.228 e. The largest absolute Gasteiger partial charge is 0.441 e. The fraction of sp³-hybridized carbons (Fsp3) is 0.500. The van der Waals surface area contributed by atoms with Crippen LogP contribution in [0.3, 0.4) is 0 Å². The molecular weight excluding hydrogens is 369 g/mol. The maximum absolute atomic E-state index is 12.5. The van der Waals surface area contributed by atoms with Crippen molar-refractivity contribution in [3.8, 4) is 11.5 Å². The maximum Gasteiger partial charge on any atom is 0.228 e. The number of aryl methyl sites for hydroxylation is 1. The number of thiophene rings is 1. The molecule has 4 rings (SSSR count). The first kappa shape index (κ1) is 19.2. The van der Waals surface area contributed by atoms with Crippen molar-refractivity contribution >= 4 is 42.1 Å². The lowest BCUT2D eigenvalue weighted by atomic mass is 10.0. The first-order valence-corrected chi connectivity index (χ1v) is 8.62. The number of nitrogens with one attached hydrogen (secondary N) is 1. The molecule has 0 unspecified atom stereocenters. The Hall–Kier alpha value is -1.08. The zero-order chi connectivity index (χ0) is 15.1.